The van der Waals surface area contributed by atoms with E-state index in [1.165, 1.54) is 89.9 Å². The summed E-state index contributed by atoms with van der Waals surface area (Å²) in [6.45, 7) is 11.9. The van der Waals surface area contributed by atoms with Crippen LogP contribution in [0.2, 0.25) is 0 Å². The minimum atomic E-state index is -3.62. The summed E-state index contributed by atoms with van der Waals surface area (Å²) in [5.74, 6) is 0. The van der Waals surface area contributed by atoms with Crippen LogP contribution in [0, 0.1) is 0 Å². The van der Waals surface area contributed by atoms with E-state index in [0.29, 0.717) is 13.2 Å². The molecule has 0 N–H and O–H groups in total. The quantitative estimate of drug-likeness (QED) is 0.0626. The molecule has 0 aromatic heterocycles. The summed E-state index contributed by atoms with van der Waals surface area (Å²) in [7, 11) is -3.62. The van der Waals surface area contributed by atoms with Crippen molar-refractivity contribution in [2.75, 3.05) is 38.4 Å². The molecule has 0 saturated heterocycles. The number of hydrogen-bond donors (Lipinski definition) is 0. The molecule has 232 valence electrons. The van der Waals surface area contributed by atoms with Gasteiger partial charge in [0.1, 0.15) is 0 Å². The van der Waals surface area contributed by atoms with Crippen LogP contribution >= 0.6 is 14.7 Å². The minimum absolute atomic E-state index is 0.477. The molecule has 0 aliphatic carbocycles. The predicted octanol–water partition coefficient (Wildman–Crippen LogP) is 12.5. The molecule has 0 unspecified atom stereocenters. The fourth-order valence-electron chi connectivity index (χ4n) is 5.40. The summed E-state index contributed by atoms with van der Waals surface area (Å²) >= 11 is 0. The standard InChI is InChI=1S/C32H70O4P2/c1-7-12-17-19-21-23-28-34-37(33,35-29-24-22-20-18-13-8-2)36-38(6,30-25-14-9-3,31-26-15-10-4)32-27-16-11-5/h7-32H2,1-6H3. The van der Waals surface area contributed by atoms with Gasteiger partial charge in [-0.2, -0.15) is 0 Å². The van der Waals surface area contributed by atoms with E-state index in [1.54, 1.807) is 0 Å². The topological polar surface area (TPSA) is 44.8 Å². The van der Waals surface area contributed by atoms with E-state index in [1.807, 2.05) is 0 Å². The van der Waals surface area contributed by atoms with E-state index >= 15 is 0 Å². The number of unbranched alkanes of at least 4 members (excludes halogenated alkanes) is 16. The molecule has 0 saturated carbocycles. The van der Waals surface area contributed by atoms with Crippen molar-refractivity contribution in [1.82, 2.24) is 0 Å². The van der Waals surface area contributed by atoms with Gasteiger partial charge < -0.3 is 0 Å². The third-order valence-electron chi connectivity index (χ3n) is 8.03. The summed E-state index contributed by atoms with van der Waals surface area (Å²) in [6.07, 6.45) is 28.0. The van der Waals surface area contributed by atoms with E-state index in [2.05, 4.69) is 41.3 Å². The molecule has 0 aliphatic rings. The normalized spacial score (nSPS) is 13.6. The van der Waals surface area contributed by atoms with E-state index < -0.39 is 14.7 Å². The van der Waals surface area contributed by atoms with Gasteiger partial charge in [-0.1, -0.05) is 0 Å². The summed E-state index contributed by atoms with van der Waals surface area (Å²) < 4.78 is 33.7. The number of rotatable bonds is 30. The van der Waals surface area contributed by atoms with Crippen LogP contribution < -0.4 is 0 Å². The molecule has 0 bridgehead atoms. The first-order valence-electron chi connectivity index (χ1n) is 16.9. The van der Waals surface area contributed by atoms with Gasteiger partial charge in [0.2, 0.25) is 0 Å². The molecule has 38 heavy (non-hydrogen) atoms. The fraction of sp³-hybridized carbons (Fsp3) is 1.00. The van der Waals surface area contributed by atoms with Crippen molar-refractivity contribution in [2.45, 2.75) is 169 Å². The van der Waals surface area contributed by atoms with Crippen molar-refractivity contribution in [3.8, 4) is 0 Å². The average molecular weight is 581 g/mol. The first-order valence-corrected chi connectivity index (χ1v) is 21.5. The molecule has 0 aromatic rings. The Labute approximate surface area is 240 Å². The van der Waals surface area contributed by atoms with Gasteiger partial charge in [0.15, 0.2) is 0 Å². The Hall–Kier alpha value is 0.540. The molecule has 4 nitrogen and oxygen atoms in total. The van der Waals surface area contributed by atoms with Crippen LogP contribution in [0.1, 0.15) is 169 Å². The molecule has 0 amide bonds. The van der Waals surface area contributed by atoms with Gasteiger partial charge in [-0.05, 0) is 0 Å². The zero-order chi connectivity index (χ0) is 28.5. The molecular formula is C32H70O4P2. The molecule has 6 heteroatoms. The summed E-state index contributed by atoms with van der Waals surface area (Å²) in [5, 5.41) is 0. The van der Waals surface area contributed by atoms with E-state index in [-0.39, 0.29) is 0 Å². The second-order valence-corrected chi connectivity index (χ2v) is 20.0. The Balaban J connectivity index is 5.60. The van der Waals surface area contributed by atoms with Crippen LogP contribution in [0.3, 0.4) is 0 Å². The molecular weight excluding hydrogens is 510 g/mol. The molecule has 0 heterocycles. The molecule has 0 atom stereocenters. The van der Waals surface area contributed by atoms with E-state index in [0.717, 1.165) is 63.4 Å². The van der Waals surface area contributed by atoms with Crippen LogP contribution in [0.5, 0.6) is 0 Å². The second kappa shape index (κ2) is 24.2. The Morgan fingerprint density at radius 3 is 1.08 bits per heavy atom. The molecule has 0 aliphatic heterocycles. The Morgan fingerprint density at radius 1 is 0.447 bits per heavy atom. The first-order chi connectivity index (χ1) is 18.3. The summed E-state index contributed by atoms with van der Waals surface area (Å²) in [6, 6.07) is 0. The third kappa shape index (κ3) is 19.6. The average Bonchev–Trinajstić information content (AvgIpc) is 2.88. The van der Waals surface area contributed by atoms with Gasteiger partial charge in [-0.3, -0.25) is 0 Å². The molecule has 0 rings (SSSR count). The van der Waals surface area contributed by atoms with Crippen molar-refractivity contribution in [2.24, 2.45) is 0 Å². The van der Waals surface area contributed by atoms with Crippen molar-refractivity contribution < 1.29 is 17.9 Å². The Bertz CT molecular complexity index is 518. The van der Waals surface area contributed by atoms with Crippen LogP contribution in [0.4, 0.5) is 0 Å². The zero-order valence-electron chi connectivity index (χ0n) is 26.9. The van der Waals surface area contributed by atoms with Crippen LogP contribution in [-0.4, -0.2) is 38.4 Å². The van der Waals surface area contributed by atoms with Gasteiger partial charge in [-0.15, -0.1) is 0 Å². The van der Waals surface area contributed by atoms with Crippen LogP contribution in [0.25, 0.3) is 0 Å². The fourth-order valence-corrected chi connectivity index (χ4v) is 14.0. The maximum atomic E-state index is 14.4. The van der Waals surface area contributed by atoms with Crippen molar-refractivity contribution in [3.05, 3.63) is 0 Å². The Morgan fingerprint density at radius 2 is 0.737 bits per heavy atom. The van der Waals surface area contributed by atoms with Crippen molar-refractivity contribution in [3.63, 3.8) is 0 Å². The number of phosphoric acid groups is 1. The molecule has 0 radical (unpaired) electrons. The predicted molar refractivity (Wildman–Crippen MR) is 173 cm³/mol. The van der Waals surface area contributed by atoms with Gasteiger partial charge >= 0.3 is 240 Å². The SMILES string of the molecule is CCCCCCCCOP(=O)(OCCCCCCCC)OP(C)(CCCCC)(CCCCC)CCCCC. The van der Waals surface area contributed by atoms with Crippen molar-refractivity contribution >= 4 is 14.7 Å². The third-order valence-corrected chi connectivity index (χ3v) is 16.6. The van der Waals surface area contributed by atoms with E-state index in [4.69, 9.17) is 13.4 Å². The van der Waals surface area contributed by atoms with Crippen LogP contribution in [-0.2, 0) is 17.9 Å². The number of phosphoric ester groups is 1. The summed E-state index contributed by atoms with van der Waals surface area (Å²) in [4.78, 5) is 0. The van der Waals surface area contributed by atoms with Gasteiger partial charge in [-0.25, -0.2) is 0 Å². The van der Waals surface area contributed by atoms with Gasteiger partial charge in [0.25, 0.3) is 0 Å². The Kier molecular flexibility index (Phi) is 24.5. The van der Waals surface area contributed by atoms with Gasteiger partial charge in [0, 0.05) is 0 Å². The van der Waals surface area contributed by atoms with Crippen molar-refractivity contribution in [1.29, 1.82) is 0 Å². The second-order valence-electron chi connectivity index (χ2n) is 12.2. The molecule has 0 spiro atoms. The summed E-state index contributed by atoms with van der Waals surface area (Å²) in [5.41, 5.74) is 0. The molecule has 0 aromatic carbocycles. The van der Waals surface area contributed by atoms with Crippen LogP contribution in [0.15, 0.2) is 0 Å². The molecule has 0 fully saturated rings. The zero-order valence-corrected chi connectivity index (χ0v) is 28.7. The number of hydrogen-bond acceptors (Lipinski definition) is 4. The maximum absolute atomic E-state index is 14.4. The van der Waals surface area contributed by atoms with Gasteiger partial charge in [0.05, 0.1) is 0 Å². The van der Waals surface area contributed by atoms with E-state index in [9.17, 15) is 4.57 Å². The first kappa shape index (κ1) is 38.5. The monoisotopic (exact) mass is 580 g/mol.